The third kappa shape index (κ3) is 2.57. The van der Waals surface area contributed by atoms with E-state index < -0.39 is 11.4 Å². The Morgan fingerprint density at radius 1 is 1.53 bits per heavy atom. The Hall–Kier alpha value is -1.22. The second-order valence-electron chi connectivity index (χ2n) is 6.62. The molecule has 0 radical (unpaired) electrons. The Balaban J connectivity index is 2.25. The molecular weight excluding hydrogens is 262 g/mol. The standard InChI is InChI=1S/C15H20ClNO2/c1-14(2,3)12-8-15(12,13(18)19)7-9-4-5-10(16)11(17)6-9/h4-6,12H,7-8,17H2,1-3H3,(H,18,19). The molecule has 0 amide bonds. The first-order valence-corrected chi connectivity index (χ1v) is 6.82. The highest BCUT2D eigenvalue weighted by Crippen LogP contribution is 2.62. The summed E-state index contributed by atoms with van der Waals surface area (Å²) in [4.78, 5) is 11.6. The first-order chi connectivity index (χ1) is 8.67. The van der Waals surface area contributed by atoms with Gasteiger partial charge in [-0.15, -0.1) is 0 Å². The number of carboxylic acids is 1. The van der Waals surface area contributed by atoms with Gasteiger partial charge in [0.25, 0.3) is 0 Å². The third-order valence-corrected chi connectivity index (χ3v) is 4.47. The molecule has 2 rings (SSSR count). The van der Waals surface area contributed by atoms with Gasteiger partial charge < -0.3 is 10.8 Å². The zero-order valence-corrected chi connectivity index (χ0v) is 12.3. The number of halogens is 1. The molecule has 2 atom stereocenters. The average molecular weight is 282 g/mol. The summed E-state index contributed by atoms with van der Waals surface area (Å²) < 4.78 is 0. The van der Waals surface area contributed by atoms with Gasteiger partial charge in [-0.2, -0.15) is 0 Å². The lowest BCUT2D eigenvalue weighted by Gasteiger charge is -2.22. The summed E-state index contributed by atoms with van der Waals surface area (Å²) in [6.45, 7) is 6.29. The largest absolute Gasteiger partial charge is 0.481 e. The molecular formula is C15H20ClNO2. The minimum Gasteiger partial charge on any atom is -0.481 e. The van der Waals surface area contributed by atoms with Gasteiger partial charge in [0.15, 0.2) is 0 Å². The number of hydrogen-bond donors (Lipinski definition) is 2. The van der Waals surface area contributed by atoms with Crippen molar-refractivity contribution in [2.24, 2.45) is 16.7 Å². The number of carbonyl (C=O) groups is 1. The van der Waals surface area contributed by atoms with E-state index in [9.17, 15) is 9.90 Å². The van der Waals surface area contributed by atoms with Crippen LogP contribution in [0.4, 0.5) is 5.69 Å². The number of anilines is 1. The van der Waals surface area contributed by atoms with Crippen molar-refractivity contribution in [3.05, 3.63) is 28.8 Å². The summed E-state index contributed by atoms with van der Waals surface area (Å²) in [5.41, 5.74) is 6.59. The quantitative estimate of drug-likeness (QED) is 0.832. The van der Waals surface area contributed by atoms with Crippen molar-refractivity contribution >= 4 is 23.3 Å². The Bertz CT molecular complexity index is 521. The van der Waals surface area contributed by atoms with Crippen LogP contribution in [0.15, 0.2) is 18.2 Å². The molecule has 3 nitrogen and oxygen atoms in total. The Morgan fingerprint density at radius 2 is 2.16 bits per heavy atom. The highest BCUT2D eigenvalue weighted by molar-refractivity contribution is 6.33. The summed E-state index contributed by atoms with van der Waals surface area (Å²) in [7, 11) is 0. The highest BCUT2D eigenvalue weighted by atomic mass is 35.5. The number of nitrogens with two attached hydrogens (primary N) is 1. The second-order valence-corrected chi connectivity index (χ2v) is 7.02. The van der Waals surface area contributed by atoms with Crippen LogP contribution in [0.2, 0.25) is 5.02 Å². The van der Waals surface area contributed by atoms with Crippen LogP contribution in [0.3, 0.4) is 0 Å². The topological polar surface area (TPSA) is 63.3 Å². The van der Waals surface area contributed by atoms with E-state index in [0.717, 1.165) is 12.0 Å². The molecule has 2 unspecified atom stereocenters. The van der Waals surface area contributed by atoms with Gasteiger partial charge >= 0.3 is 5.97 Å². The zero-order chi connectivity index (χ0) is 14.4. The maximum atomic E-state index is 11.6. The Labute approximate surface area is 118 Å². The van der Waals surface area contributed by atoms with Gasteiger partial charge in [-0.25, -0.2) is 0 Å². The lowest BCUT2D eigenvalue weighted by Crippen LogP contribution is -2.25. The van der Waals surface area contributed by atoms with Gasteiger partial charge in [0.05, 0.1) is 16.1 Å². The molecule has 0 aliphatic heterocycles. The summed E-state index contributed by atoms with van der Waals surface area (Å²) in [5.74, 6) is -0.504. The van der Waals surface area contributed by atoms with Crippen molar-refractivity contribution in [2.45, 2.75) is 33.6 Å². The monoisotopic (exact) mass is 281 g/mol. The van der Waals surface area contributed by atoms with Crippen LogP contribution in [0, 0.1) is 16.7 Å². The van der Waals surface area contributed by atoms with E-state index in [2.05, 4.69) is 20.8 Å². The Kier molecular flexibility index (Phi) is 3.29. The van der Waals surface area contributed by atoms with Gasteiger partial charge in [0.1, 0.15) is 0 Å². The van der Waals surface area contributed by atoms with Crippen molar-refractivity contribution < 1.29 is 9.90 Å². The van der Waals surface area contributed by atoms with Crippen LogP contribution < -0.4 is 5.73 Å². The number of nitrogen functional groups attached to an aromatic ring is 1. The normalized spacial score (nSPS) is 26.2. The zero-order valence-electron chi connectivity index (χ0n) is 11.5. The van der Waals surface area contributed by atoms with Gasteiger partial charge in [0.2, 0.25) is 0 Å². The predicted octanol–water partition coefficient (Wildman–Crippen LogP) is 3.60. The molecule has 3 N–H and O–H groups in total. The molecule has 1 aromatic carbocycles. The van der Waals surface area contributed by atoms with Crippen LogP contribution in [0.5, 0.6) is 0 Å². The summed E-state index contributed by atoms with van der Waals surface area (Å²) in [6.07, 6.45) is 1.25. The number of benzene rings is 1. The number of carboxylic acid groups (broad SMARTS) is 1. The van der Waals surface area contributed by atoms with E-state index in [0.29, 0.717) is 17.1 Å². The van der Waals surface area contributed by atoms with E-state index in [1.54, 1.807) is 12.1 Å². The maximum Gasteiger partial charge on any atom is 0.310 e. The van der Waals surface area contributed by atoms with E-state index in [4.69, 9.17) is 17.3 Å². The summed E-state index contributed by atoms with van der Waals surface area (Å²) in [5, 5.41) is 10.1. The van der Waals surface area contributed by atoms with Crippen LogP contribution in [-0.4, -0.2) is 11.1 Å². The predicted molar refractivity (Wildman–Crippen MR) is 77.2 cm³/mol. The molecule has 0 spiro atoms. The summed E-state index contributed by atoms with van der Waals surface area (Å²) in [6, 6.07) is 5.38. The fraction of sp³-hybridized carbons (Fsp3) is 0.533. The second kappa shape index (κ2) is 4.41. The Morgan fingerprint density at radius 3 is 2.58 bits per heavy atom. The van der Waals surface area contributed by atoms with Gasteiger partial charge in [0, 0.05) is 0 Å². The smallest absolute Gasteiger partial charge is 0.310 e. The van der Waals surface area contributed by atoms with Crippen molar-refractivity contribution in [1.29, 1.82) is 0 Å². The molecule has 0 saturated heterocycles. The van der Waals surface area contributed by atoms with Crippen molar-refractivity contribution in [1.82, 2.24) is 0 Å². The third-order valence-electron chi connectivity index (χ3n) is 4.13. The molecule has 4 heteroatoms. The molecule has 1 aliphatic carbocycles. The van der Waals surface area contributed by atoms with Crippen LogP contribution >= 0.6 is 11.6 Å². The van der Waals surface area contributed by atoms with Crippen LogP contribution in [-0.2, 0) is 11.2 Å². The number of rotatable bonds is 3. The van der Waals surface area contributed by atoms with E-state index in [1.807, 2.05) is 6.07 Å². The summed E-state index contributed by atoms with van der Waals surface area (Å²) >= 11 is 5.89. The fourth-order valence-electron chi connectivity index (χ4n) is 3.02. The highest BCUT2D eigenvalue weighted by Gasteiger charge is 2.63. The van der Waals surface area contributed by atoms with Crippen LogP contribution in [0.1, 0.15) is 32.8 Å². The molecule has 19 heavy (non-hydrogen) atoms. The van der Waals surface area contributed by atoms with E-state index in [-0.39, 0.29) is 11.3 Å². The number of hydrogen-bond acceptors (Lipinski definition) is 2. The lowest BCUT2D eigenvalue weighted by molar-refractivity contribution is -0.144. The molecule has 0 aromatic heterocycles. The van der Waals surface area contributed by atoms with Gasteiger partial charge in [-0.05, 0) is 41.9 Å². The molecule has 1 fully saturated rings. The van der Waals surface area contributed by atoms with Crippen molar-refractivity contribution in [3.63, 3.8) is 0 Å². The molecule has 0 heterocycles. The van der Waals surface area contributed by atoms with E-state index in [1.165, 1.54) is 0 Å². The van der Waals surface area contributed by atoms with Crippen molar-refractivity contribution in [2.75, 3.05) is 5.73 Å². The first-order valence-electron chi connectivity index (χ1n) is 6.44. The molecule has 0 bridgehead atoms. The average Bonchev–Trinajstić information content (AvgIpc) is 2.99. The number of aliphatic carboxylic acids is 1. The minimum atomic E-state index is -0.707. The van der Waals surface area contributed by atoms with Gasteiger partial charge in [-0.3, -0.25) is 4.79 Å². The molecule has 1 aliphatic rings. The fourth-order valence-corrected chi connectivity index (χ4v) is 3.13. The molecule has 1 saturated carbocycles. The lowest BCUT2D eigenvalue weighted by atomic mass is 9.82. The minimum absolute atomic E-state index is 0.0103. The van der Waals surface area contributed by atoms with Crippen LogP contribution in [0.25, 0.3) is 0 Å². The maximum absolute atomic E-state index is 11.6. The molecule has 1 aromatic rings. The SMILES string of the molecule is CC(C)(C)C1CC1(Cc1ccc(Cl)c(N)c1)C(=O)O. The first kappa shape index (κ1) is 14.2. The molecule has 104 valence electrons. The van der Waals surface area contributed by atoms with E-state index >= 15 is 0 Å². The van der Waals surface area contributed by atoms with Crippen molar-refractivity contribution in [3.8, 4) is 0 Å². The van der Waals surface area contributed by atoms with Gasteiger partial charge in [-0.1, -0.05) is 38.4 Å².